The van der Waals surface area contributed by atoms with Crippen LogP contribution in [0.1, 0.15) is 15.9 Å². The highest BCUT2D eigenvalue weighted by Gasteiger charge is 2.15. The lowest BCUT2D eigenvalue weighted by molar-refractivity contribution is 0.102. The molecule has 3 aromatic rings. The minimum atomic E-state index is -0.645. The molecule has 0 bridgehead atoms. The Labute approximate surface area is 148 Å². The smallest absolute Gasteiger partial charge is 0.316 e. The molecule has 0 saturated carbocycles. The number of benzene rings is 2. The Hall–Kier alpha value is -2.86. The minimum absolute atomic E-state index is 0.281. The lowest BCUT2D eigenvalue weighted by atomic mass is 10.1. The Morgan fingerprint density at radius 1 is 1.00 bits per heavy atom. The van der Waals surface area contributed by atoms with Crippen molar-refractivity contribution in [3.05, 3.63) is 73.3 Å². The quantitative estimate of drug-likeness (QED) is 0.716. The molecule has 3 rings (SSSR count). The van der Waals surface area contributed by atoms with Gasteiger partial charge in [-0.1, -0.05) is 29.8 Å². The largest absolute Gasteiger partial charge is 0.321 e. The molecule has 0 radical (unpaired) electrons. The molecule has 2 aromatic carbocycles. The summed E-state index contributed by atoms with van der Waals surface area (Å²) in [6, 6.07) is 10.4. The summed E-state index contributed by atoms with van der Waals surface area (Å²) in [4.78, 5) is 36.4. The third-order valence-corrected chi connectivity index (χ3v) is 4.53. The van der Waals surface area contributed by atoms with Gasteiger partial charge in [0, 0.05) is 19.7 Å². The van der Waals surface area contributed by atoms with Gasteiger partial charge in [0.1, 0.15) is 0 Å². The molecule has 1 aromatic heterocycles. The predicted octanol–water partition coefficient (Wildman–Crippen LogP) is 2.45. The maximum Gasteiger partial charge on any atom is 0.316 e. The molecule has 25 heavy (non-hydrogen) atoms. The Morgan fingerprint density at radius 2 is 1.56 bits per heavy atom. The zero-order valence-corrected chi connectivity index (χ0v) is 14.7. The molecule has 0 fully saturated rings. The van der Waals surface area contributed by atoms with Gasteiger partial charge in [-0.2, -0.15) is 0 Å². The number of hydrogen-bond donors (Lipinski definition) is 1. The van der Waals surface area contributed by atoms with Gasteiger partial charge < -0.3 is 14.5 Å². The van der Waals surface area contributed by atoms with Crippen LogP contribution in [0.3, 0.4) is 0 Å². The molecular formula is C18H16ClN3O3. The molecule has 0 saturated heterocycles. The van der Waals surface area contributed by atoms with E-state index in [1.807, 2.05) is 19.1 Å². The molecule has 7 heteroatoms. The van der Waals surface area contributed by atoms with E-state index in [1.165, 1.54) is 23.2 Å². The van der Waals surface area contributed by atoms with Crippen molar-refractivity contribution in [3.8, 4) is 0 Å². The third kappa shape index (κ3) is 2.85. The zero-order valence-electron chi connectivity index (χ0n) is 14.0. The molecule has 1 amide bonds. The summed E-state index contributed by atoms with van der Waals surface area (Å²) < 4.78 is 2.49. The van der Waals surface area contributed by atoms with Gasteiger partial charge >= 0.3 is 11.1 Å². The van der Waals surface area contributed by atoms with Gasteiger partial charge in [0.2, 0.25) is 0 Å². The van der Waals surface area contributed by atoms with Gasteiger partial charge in [-0.3, -0.25) is 14.4 Å². The monoisotopic (exact) mass is 357 g/mol. The van der Waals surface area contributed by atoms with Crippen LogP contribution in [0, 0.1) is 6.92 Å². The number of carbonyl (C=O) groups is 1. The second-order valence-corrected chi connectivity index (χ2v) is 6.23. The van der Waals surface area contributed by atoms with Crippen molar-refractivity contribution in [1.29, 1.82) is 0 Å². The van der Waals surface area contributed by atoms with Gasteiger partial charge in [0.25, 0.3) is 5.91 Å². The van der Waals surface area contributed by atoms with Gasteiger partial charge in [0.15, 0.2) is 0 Å². The third-order valence-electron chi connectivity index (χ3n) is 4.22. The SMILES string of the molecule is Cc1ccccc1C(=O)Nc1cc2c(cc1Cl)n(C)c(=O)c(=O)n2C. The van der Waals surface area contributed by atoms with Crippen LogP contribution >= 0.6 is 11.6 Å². The Kier molecular flexibility index (Phi) is 4.22. The minimum Gasteiger partial charge on any atom is -0.321 e. The summed E-state index contributed by atoms with van der Waals surface area (Å²) in [5.74, 6) is -0.297. The van der Waals surface area contributed by atoms with Crippen LogP contribution in [0.2, 0.25) is 5.02 Å². The standard InChI is InChI=1S/C18H16ClN3O3/c1-10-6-4-5-7-11(10)16(23)20-13-9-15-14(8-12(13)19)21(2)17(24)18(25)22(15)3/h4-9H,1-3H3,(H,20,23). The van der Waals surface area contributed by atoms with Crippen molar-refractivity contribution >= 4 is 34.2 Å². The number of aromatic nitrogens is 2. The van der Waals surface area contributed by atoms with Gasteiger partial charge in [-0.05, 0) is 30.7 Å². The highest BCUT2D eigenvalue weighted by atomic mass is 35.5. The molecule has 0 aliphatic carbocycles. The van der Waals surface area contributed by atoms with Crippen molar-refractivity contribution in [2.24, 2.45) is 14.1 Å². The van der Waals surface area contributed by atoms with Gasteiger partial charge in [0.05, 0.1) is 21.7 Å². The van der Waals surface area contributed by atoms with E-state index in [0.29, 0.717) is 22.3 Å². The Morgan fingerprint density at radius 3 is 2.16 bits per heavy atom. The highest BCUT2D eigenvalue weighted by Crippen LogP contribution is 2.27. The average molecular weight is 358 g/mol. The lowest BCUT2D eigenvalue weighted by Crippen LogP contribution is -2.39. The van der Waals surface area contributed by atoms with Crippen molar-refractivity contribution in [2.75, 3.05) is 5.32 Å². The number of hydrogen-bond acceptors (Lipinski definition) is 3. The second-order valence-electron chi connectivity index (χ2n) is 5.82. The summed E-state index contributed by atoms with van der Waals surface area (Å²) in [7, 11) is 3.01. The normalized spacial score (nSPS) is 10.9. The van der Waals surface area contributed by atoms with E-state index >= 15 is 0 Å². The summed E-state index contributed by atoms with van der Waals surface area (Å²) in [6.07, 6.45) is 0. The molecule has 1 N–H and O–H groups in total. The fourth-order valence-electron chi connectivity index (χ4n) is 2.71. The number of fused-ring (bicyclic) bond motifs is 1. The molecule has 128 valence electrons. The molecule has 0 unspecified atom stereocenters. The van der Waals surface area contributed by atoms with Crippen LogP contribution in [0.15, 0.2) is 46.0 Å². The maximum absolute atomic E-state index is 12.5. The Balaban J connectivity index is 2.14. The molecule has 6 nitrogen and oxygen atoms in total. The maximum atomic E-state index is 12.5. The first-order chi connectivity index (χ1) is 11.8. The first kappa shape index (κ1) is 17.0. The van der Waals surface area contributed by atoms with Gasteiger partial charge in [-0.25, -0.2) is 0 Å². The number of aryl methyl sites for hydroxylation is 3. The number of amides is 1. The summed E-state index contributed by atoms with van der Waals surface area (Å²) in [5, 5.41) is 3.05. The van der Waals surface area contributed by atoms with E-state index < -0.39 is 11.1 Å². The van der Waals surface area contributed by atoms with Crippen LogP contribution in [-0.2, 0) is 14.1 Å². The molecular weight excluding hydrogens is 342 g/mol. The molecule has 0 atom stereocenters. The van der Waals surface area contributed by atoms with Crippen LogP contribution in [0.5, 0.6) is 0 Å². The van der Waals surface area contributed by atoms with Gasteiger partial charge in [-0.15, -0.1) is 0 Å². The lowest BCUT2D eigenvalue weighted by Gasteiger charge is -2.13. The van der Waals surface area contributed by atoms with Crippen molar-refractivity contribution < 1.29 is 4.79 Å². The highest BCUT2D eigenvalue weighted by molar-refractivity contribution is 6.34. The van der Waals surface area contributed by atoms with E-state index in [9.17, 15) is 14.4 Å². The number of nitrogens with one attached hydrogen (secondary N) is 1. The zero-order chi connectivity index (χ0) is 18.3. The van der Waals surface area contributed by atoms with Crippen molar-refractivity contribution in [3.63, 3.8) is 0 Å². The van der Waals surface area contributed by atoms with Crippen molar-refractivity contribution in [2.45, 2.75) is 6.92 Å². The van der Waals surface area contributed by atoms with E-state index in [1.54, 1.807) is 24.3 Å². The van der Waals surface area contributed by atoms with E-state index in [-0.39, 0.29) is 10.9 Å². The van der Waals surface area contributed by atoms with Crippen LogP contribution < -0.4 is 16.4 Å². The summed E-state index contributed by atoms with van der Waals surface area (Å²) in [5.41, 5.74) is 1.47. The fourth-order valence-corrected chi connectivity index (χ4v) is 2.91. The molecule has 1 heterocycles. The molecule has 0 spiro atoms. The van der Waals surface area contributed by atoms with E-state index in [2.05, 4.69) is 5.32 Å². The predicted molar refractivity (Wildman–Crippen MR) is 98.6 cm³/mol. The van der Waals surface area contributed by atoms with Crippen molar-refractivity contribution in [1.82, 2.24) is 9.13 Å². The number of rotatable bonds is 2. The average Bonchev–Trinajstić information content (AvgIpc) is 2.59. The number of carbonyl (C=O) groups excluding carboxylic acids is 1. The van der Waals surface area contributed by atoms with Crippen LogP contribution in [0.4, 0.5) is 5.69 Å². The summed E-state index contributed by atoms with van der Waals surface area (Å²) in [6.45, 7) is 1.84. The fraction of sp³-hybridized carbons (Fsp3) is 0.167. The van der Waals surface area contributed by atoms with Crippen LogP contribution in [-0.4, -0.2) is 15.0 Å². The number of anilines is 1. The van der Waals surface area contributed by atoms with E-state index in [4.69, 9.17) is 11.6 Å². The molecule has 0 aliphatic heterocycles. The summed E-state index contributed by atoms with van der Waals surface area (Å²) >= 11 is 6.27. The second kappa shape index (κ2) is 6.22. The topological polar surface area (TPSA) is 73.1 Å². The first-order valence-corrected chi connectivity index (χ1v) is 7.95. The Bertz CT molecular complexity index is 1130. The number of nitrogens with zero attached hydrogens (tertiary/aromatic N) is 2. The number of halogens is 1. The molecule has 0 aliphatic rings. The van der Waals surface area contributed by atoms with Crippen LogP contribution in [0.25, 0.3) is 11.0 Å². The first-order valence-electron chi connectivity index (χ1n) is 7.57. The van der Waals surface area contributed by atoms with E-state index in [0.717, 1.165) is 5.56 Å².